The number of nitrogens with zero attached hydrogens (tertiary/aromatic N) is 2. The molecule has 2 nitrogen and oxygen atoms in total. The van der Waals surface area contributed by atoms with E-state index in [-0.39, 0.29) is 0 Å². The molecule has 1 aromatic heterocycles. The van der Waals surface area contributed by atoms with Gasteiger partial charge in [-0.3, -0.25) is 0 Å². The summed E-state index contributed by atoms with van der Waals surface area (Å²) in [6, 6.07) is 26.6. The van der Waals surface area contributed by atoms with Gasteiger partial charge in [0.05, 0.1) is 17.6 Å². The molecule has 0 amide bonds. The average molecular weight is 429 g/mol. The van der Waals surface area contributed by atoms with Crippen molar-refractivity contribution in [2.45, 2.75) is 25.7 Å². The van der Waals surface area contributed by atoms with Crippen LogP contribution < -0.4 is 0 Å². The number of hydrogen-bond acceptors (Lipinski definition) is 1. The lowest BCUT2D eigenvalue weighted by Gasteiger charge is -2.16. The van der Waals surface area contributed by atoms with Gasteiger partial charge in [0.1, 0.15) is 0 Å². The van der Waals surface area contributed by atoms with Crippen molar-refractivity contribution in [3.05, 3.63) is 106 Å². The zero-order valence-electron chi connectivity index (χ0n) is 15.6. The largest absolute Gasteiger partial charge is 0.233 e. The van der Waals surface area contributed by atoms with E-state index in [1.54, 1.807) is 0 Å². The maximum atomic E-state index is 4.62. The normalized spacial score (nSPS) is 13.3. The molecule has 3 aromatic carbocycles. The molecule has 3 heteroatoms. The highest BCUT2D eigenvalue weighted by atomic mass is 79.9. The standard InChI is InChI=1S/C25H21BrN2/c26-22-11-13-23(14-12-22)28-25(15-16-27-28)24-17-20-6-5-18-1-3-19(4-2-18)7-9-21(24)10-8-20/h1-4,8,10-17H,5-7,9H2. The Morgan fingerprint density at radius 3 is 2.07 bits per heavy atom. The minimum absolute atomic E-state index is 1.03. The van der Waals surface area contributed by atoms with E-state index in [1.165, 1.54) is 27.8 Å². The smallest absolute Gasteiger partial charge is 0.0743 e. The molecule has 4 bridgehead atoms. The van der Waals surface area contributed by atoms with Gasteiger partial charge >= 0.3 is 0 Å². The Balaban J connectivity index is 1.60. The molecule has 0 saturated carbocycles. The summed E-state index contributed by atoms with van der Waals surface area (Å²) in [5, 5.41) is 4.62. The van der Waals surface area contributed by atoms with Gasteiger partial charge in [-0.05, 0) is 84.3 Å². The fourth-order valence-corrected chi connectivity index (χ4v) is 4.24. The van der Waals surface area contributed by atoms with Crippen LogP contribution in [0.1, 0.15) is 22.3 Å². The monoisotopic (exact) mass is 428 g/mol. The minimum Gasteiger partial charge on any atom is -0.233 e. The van der Waals surface area contributed by atoms with Gasteiger partial charge in [-0.15, -0.1) is 0 Å². The first-order valence-electron chi connectivity index (χ1n) is 9.76. The Kier molecular flexibility index (Phi) is 4.61. The van der Waals surface area contributed by atoms with Gasteiger partial charge in [0.15, 0.2) is 0 Å². The van der Waals surface area contributed by atoms with Crippen LogP contribution in [0.25, 0.3) is 16.9 Å². The number of rotatable bonds is 2. The van der Waals surface area contributed by atoms with Gasteiger partial charge in [0.2, 0.25) is 0 Å². The van der Waals surface area contributed by atoms with Crippen molar-refractivity contribution in [2.75, 3.05) is 0 Å². The van der Waals surface area contributed by atoms with E-state index in [0.717, 1.165) is 41.5 Å². The highest BCUT2D eigenvalue weighted by molar-refractivity contribution is 9.10. The highest BCUT2D eigenvalue weighted by Gasteiger charge is 2.14. The number of aromatic nitrogens is 2. The molecule has 0 N–H and O–H groups in total. The van der Waals surface area contributed by atoms with Crippen LogP contribution in [0.3, 0.4) is 0 Å². The predicted molar refractivity (Wildman–Crippen MR) is 118 cm³/mol. The average Bonchev–Trinajstić information content (AvgIpc) is 3.20. The second-order valence-corrected chi connectivity index (χ2v) is 8.33. The molecule has 1 heterocycles. The van der Waals surface area contributed by atoms with Crippen LogP contribution in [0.4, 0.5) is 0 Å². The van der Waals surface area contributed by atoms with Crippen LogP contribution in [0.5, 0.6) is 0 Å². The maximum absolute atomic E-state index is 4.62. The van der Waals surface area contributed by atoms with Crippen molar-refractivity contribution in [1.29, 1.82) is 0 Å². The molecule has 4 aliphatic carbocycles. The van der Waals surface area contributed by atoms with E-state index >= 15 is 0 Å². The minimum atomic E-state index is 1.03. The predicted octanol–water partition coefficient (Wildman–Crippen LogP) is 6.19. The Morgan fingerprint density at radius 1 is 0.679 bits per heavy atom. The summed E-state index contributed by atoms with van der Waals surface area (Å²) < 4.78 is 3.13. The lowest BCUT2D eigenvalue weighted by atomic mass is 9.92. The topological polar surface area (TPSA) is 17.8 Å². The molecule has 138 valence electrons. The fraction of sp³-hybridized carbons (Fsp3) is 0.160. The molecule has 4 aromatic rings. The van der Waals surface area contributed by atoms with Crippen molar-refractivity contribution in [3.63, 3.8) is 0 Å². The van der Waals surface area contributed by atoms with Crippen molar-refractivity contribution in [3.8, 4) is 16.9 Å². The van der Waals surface area contributed by atoms with Gasteiger partial charge in [-0.2, -0.15) is 5.10 Å². The first kappa shape index (κ1) is 17.4. The number of aryl methyl sites for hydroxylation is 4. The number of halogens is 1. The summed E-state index contributed by atoms with van der Waals surface area (Å²) in [5.41, 5.74) is 9.11. The molecule has 28 heavy (non-hydrogen) atoms. The number of benzene rings is 3. The molecular formula is C25H21BrN2. The summed E-state index contributed by atoms with van der Waals surface area (Å²) in [6.07, 6.45) is 6.11. The fourth-order valence-electron chi connectivity index (χ4n) is 3.97. The zero-order chi connectivity index (χ0) is 18.9. The van der Waals surface area contributed by atoms with Crippen molar-refractivity contribution in [2.24, 2.45) is 0 Å². The van der Waals surface area contributed by atoms with Gasteiger partial charge in [-0.1, -0.05) is 52.3 Å². The molecule has 0 spiro atoms. The van der Waals surface area contributed by atoms with Crippen LogP contribution in [0.2, 0.25) is 0 Å². The van der Waals surface area contributed by atoms with Crippen LogP contribution in [0, 0.1) is 0 Å². The van der Waals surface area contributed by atoms with E-state index in [1.807, 2.05) is 6.20 Å². The summed E-state index contributed by atoms with van der Waals surface area (Å²) in [4.78, 5) is 0. The molecule has 8 rings (SSSR count). The van der Waals surface area contributed by atoms with Crippen LogP contribution in [-0.4, -0.2) is 9.78 Å². The van der Waals surface area contributed by atoms with Crippen LogP contribution in [0.15, 0.2) is 83.5 Å². The SMILES string of the molecule is Brc1ccc(-n2nccc2-c2cc3ccc2CCc2ccc(cc2)CC3)cc1. The first-order chi connectivity index (χ1) is 13.8. The van der Waals surface area contributed by atoms with Crippen LogP contribution >= 0.6 is 15.9 Å². The molecule has 0 saturated heterocycles. The molecule has 0 fully saturated rings. The quantitative estimate of drug-likeness (QED) is 0.372. The Bertz CT molecular complexity index is 1110. The lowest BCUT2D eigenvalue weighted by molar-refractivity contribution is 0.879. The van der Waals surface area contributed by atoms with Crippen molar-refractivity contribution < 1.29 is 0 Å². The van der Waals surface area contributed by atoms with Gasteiger partial charge in [-0.25, -0.2) is 4.68 Å². The summed E-state index contributed by atoms with van der Waals surface area (Å²) in [7, 11) is 0. The molecule has 0 unspecified atom stereocenters. The molecule has 0 radical (unpaired) electrons. The lowest BCUT2D eigenvalue weighted by Crippen LogP contribution is -2.04. The third-order valence-electron chi connectivity index (χ3n) is 5.57. The van der Waals surface area contributed by atoms with Crippen molar-refractivity contribution in [1.82, 2.24) is 9.78 Å². The molecule has 4 aliphatic rings. The summed E-state index contributed by atoms with van der Waals surface area (Å²) in [5.74, 6) is 0. The van der Waals surface area contributed by atoms with Gasteiger partial charge < -0.3 is 0 Å². The summed E-state index contributed by atoms with van der Waals surface area (Å²) in [6.45, 7) is 0. The molecule has 0 atom stereocenters. The van der Waals surface area contributed by atoms with E-state index in [0.29, 0.717) is 0 Å². The van der Waals surface area contributed by atoms with E-state index in [9.17, 15) is 0 Å². The Morgan fingerprint density at radius 2 is 1.32 bits per heavy atom. The number of hydrogen-bond donors (Lipinski definition) is 0. The third kappa shape index (κ3) is 3.43. The van der Waals surface area contributed by atoms with E-state index < -0.39 is 0 Å². The molecule has 0 aliphatic heterocycles. The Hall–Kier alpha value is -2.65. The van der Waals surface area contributed by atoms with Gasteiger partial charge in [0.25, 0.3) is 0 Å². The Labute approximate surface area is 174 Å². The maximum Gasteiger partial charge on any atom is 0.0743 e. The summed E-state index contributed by atoms with van der Waals surface area (Å²) >= 11 is 3.52. The zero-order valence-corrected chi connectivity index (χ0v) is 17.2. The molecular weight excluding hydrogens is 408 g/mol. The van der Waals surface area contributed by atoms with E-state index in [2.05, 4.69) is 98.5 Å². The van der Waals surface area contributed by atoms with Crippen molar-refractivity contribution >= 4 is 15.9 Å². The second-order valence-electron chi connectivity index (χ2n) is 7.41. The van der Waals surface area contributed by atoms with Crippen LogP contribution in [-0.2, 0) is 25.7 Å². The van der Waals surface area contributed by atoms with E-state index in [4.69, 9.17) is 0 Å². The third-order valence-corrected chi connectivity index (χ3v) is 6.10. The van der Waals surface area contributed by atoms with Gasteiger partial charge in [0, 0.05) is 10.0 Å². The second kappa shape index (κ2) is 7.40. The highest BCUT2D eigenvalue weighted by Crippen LogP contribution is 2.29. The first-order valence-corrected chi connectivity index (χ1v) is 10.6.